The monoisotopic (exact) mass is 339 g/mol. The number of amides is 1. The molecule has 0 bridgehead atoms. The Balaban J connectivity index is 2.34. The number of hydrogen-bond acceptors (Lipinski definition) is 4. The molecule has 23 heavy (non-hydrogen) atoms. The standard InChI is InChI=1S/C16H25N3O3S/c1-11-5-6-13(18-23(4,21)22)12(9-11)15(20)19-8-7-14(17)16(2,3)10-19/h5-6,9,14,18H,7-8,10,17H2,1-4H3. The molecule has 1 fully saturated rings. The summed E-state index contributed by atoms with van der Waals surface area (Å²) < 4.78 is 25.5. The van der Waals surface area contributed by atoms with Crippen molar-refractivity contribution in [3.8, 4) is 0 Å². The van der Waals surface area contributed by atoms with Crippen molar-refractivity contribution in [3.63, 3.8) is 0 Å². The van der Waals surface area contributed by atoms with Crippen molar-refractivity contribution >= 4 is 21.6 Å². The van der Waals surface area contributed by atoms with Gasteiger partial charge in [-0.3, -0.25) is 9.52 Å². The van der Waals surface area contributed by atoms with Gasteiger partial charge >= 0.3 is 0 Å². The first-order chi connectivity index (χ1) is 10.5. The molecule has 1 heterocycles. The summed E-state index contributed by atoms with van der Waals surface area (Å²) in [7, 11) is -3.45. The molecular weight excluding hydrogens is 314 g/mol. The van der Waals surface area contributed by atoms with Crippen molar-refractivity contribution in [2.45, 2.75) is 33.2 Å². The van der Waals surface area contributed by atoms with E-state index >= 15 is 0 Å². The number of carbonyl (C=O) groups is 1. The zero-order valence-electron chi connectivity index (χ0n) is 14.1. The third kappa shape index (κ3) is 4.23. The van der Waals surface area contributed by atoms with Crippen LogP contribution in [-0.2, 0) is 10.0 Å². The summed E-state index contributed by atoms with van der Waals surface area (Å²) in [6, 6.07) is 5.18. The minimum Gasteiger partial charge on any atom is -0.338 e. The van der Waals surface area contributed by atoms with Crippen LogP contribution in [0.15, 0.2) is 18.2 Å². The van der Waals surface area contributed by atoms with Crippen LogP contribution in [0.2, 0.25) is 0 Å². The Hall–Kier alpha value is -1.60. The van der Waals surface area contributed by atoms with E-state index in [-0.39, 0.29) is 17.4 Å². The molecule has 1 aromatic rings. The van der Waals surface area contributed by atoms with E-state index < -0.39 is 10.0 Å². The lowest BCUT2D eigenvalue weighted by molar-refractivity contribution is 0.0534. The van der Waals surface area contributed by atoms with Crippen LogP contribution in [0.3, 0.4) is 0 Å². The predicted molar refractivity (Wildman–Crippen MR) is 91.9 cm³/mol. The van der Waals surface area contributed by atoms with Gasteiger partial charge in [0.15, 0.2) is 0 Å². The largest absolute Gasteiger partial charge is 0.338 e. The molecule has 0 aromatic heterocycles. The number of carbonyl (C=O) groups excluding carboxylic acids is 1. The average Bonchev–Trinajstić information content (AvgIpc) is 2.41. The number of likely N-dealkylation sites (tertiary alicyclic amines) is 1. The average molecular weight is 339 g/mol. The Morgan fingerprint density at radius 3 is 2.61 bits per heavy atom. The number of hydrogen-bond donors (Lipinski definition) is 2. The zero-order valence-corrected chi connectivity index (χ0v) is 14.9. The molecule has 128 valence electrons. The molecule has 1 aliphatic heterocycles. The van der Waals surface area contributed by atoms with Gasteiger partial charge in [0.05, 0.1) is 17.5 Å². The fraction of sp³-hybridized carbons (Fsp3) is 0.562. The van der Waals surface area contributed by atoms with Crippen LogP contribution in [0.4, 0.5) is 5.69 Å². The molecule has 1 atom stereocenters. The van der Waals surface area contributed by atoms with Gasteiger partial charge in [-0.25, -0.2) is 8.42 Å². The second kappa shape index (κ2) is 6.13. The summed E-state index contributed by atoms with van der Waals surface area (Å²) in [6.45, 7) is 7.10. The molecule has 0 radical (unpaired) electrons. The number of piperidine rings is 1. The molecule has 7 heteroatoms. The summed E-state index contributed by atoms with van der Waals surface area (Å²) in [5.74, 6) is -0.167. The van der Waals surface area contributed by atoms with Gasteiger partial charge in [-0.1, -0.05) is 25.5 Å². The zero-order chi connectivity index (χ0) is 17.4. The molecule has 0 saturated carbocycles. The maximum Gasteiger partial charge on any atom is 0.256 e. The van der Waals surface area contributed by atoms with Crippen molar-refractivity contribution in [2.24, 2.45) is 11.1 Å². The Labute approximate surface area is 138 Å². The van der Waals surface area contributed by atoms with E-state index in [9.17, 15) is 13.2 Å². The molecular formula is C16H25N3O3S. The summed E-state index contributed by atoms with van der Waals surface area (Å²) in [4.78, 5) is 14.7. The van der Waals surface area contributed by atoms with Gasteiger partial charge in [0.1, 0.15) is 0 Å². The van der Waals surface area contributed by atoms with Crippen LogP contribution in [0.1, 0.15) is 36.2 Å². The lowest BCUT2D eigenvalue weighted by Crippen LogP contribution is -2.54. The Morgan fingerprint density at radius 1 is 1.39 bits per heavy atom. The van der Waals surface area contributed by atoms with Crippen molar-refractivity contribution in [3.05, 3.63) is 29.3 Å². The van der Waals surface area contributed by atoms with Crippen LogP contribution in [0.25, 0.3) is 0 Å². The number of sulfonamides is 1. The molecule has 1 saturated heterocycles. The lowest BCUT2D eigenvalue weighted by atomic mass is 9.79. The molecule has 2 rings (SSSR count). The second-order valence-electron chi connectivity index (χ2n) is 7.03. The fourth-order valence-corrected chi connectivity index (χ4v) is 3.42. The Bertz CT molecular complexity index is 713. The van der Waals surface area contributed by atoms with Crippen LogP contribution < -0.4 is 10.5 Å². The predicted octanol–water partition coefficient (Wildman–Crippen LogP) is 1.57. The van der Waals surface area contributed by atoms with E-state index in [0.29, 0.717) is 24.3 Å². The van der Waals surface area contributed by atoms with E-state index in [4.69, 9.17) is 5.73 Å². The van der Waals surface area contributed by atoms with E-state index in [0.717, 1.165) is 18.2 Å². The highest BCUT2D eigenvalue weighted by Crippen LogP contribution is 2.30. The van der Waals surface area contributed by atoms with Crippen LogP contribution >= 0.6 is 0 Å². The molecule has 1 aliphatic rings. The highest BCUT2D eigenvalue weighted by atomic mass is 32.2. The maximum atomic E-state index is 12.9. The topological polar surface area (TPSA) is 92.5 Å². The van der Waals surface area contributed by atoms with Gasteiger partial charge < -0.3 is 10.6 Å². The quantitative estimate of drug-likeness (QED) is 0.874. The number of nitrogens with two attached hydrogens (primary N) is 1. The molecule has 0 aliphatic carbocycles. The Morgan fingerprint density at radius 2 is 2.04 bits per heavy atom. The smallest absolute Gasteiger partial charge is 0.256 e. The fourth-order valence-electron chi connectivity index (χ4n) is 2.84. The number of aryl methyl sites for hydroxylation is 1. The van der Waals surface area contributed by atoms with Gasteiger partial charge in [0.2, 0.25) is 10.0 Å². The minimum absolute atomic E-state index is 0.0534. The van der Waals surface area contributed by atoms with Crippen molar-refractivity contribution < 1.29 is 13.2 Å². The second-order valence-corrected chi connectivity index (χ2v) is 8.78. The van der Waals surface area contributed by atoms with Gasteiger partial charge in [-0.15, -0.1) is 0 Å². The molecule has 1 aromatic carbocycles. The highest BCUT2D eigenvalue weighted by molar-refractivity contribution is 7.92. The maximum absolute atomic E-state index is 12.9. The highest BCUT2D eigenvalue weighted by Gasteiger charge is 2.36. The normalized spacial score (nSPS) is 21.1. The molecule has 0 spiro atoms. The van der Waals surface area contributed by atoms with Crippen LogP contribution in [0.5, 0.6) is 0 Å². The first-order valence-corrected chi connectivity index (χ1v) is 9.52. The number of benzene rings is 1. The third-order valence-electron chi connectivity index (χ3n) is 4.30. The number of nitrogens with zero attached hydrogens (tertiary/aromatic N) is 1. The van der Waals surface area contributed by atoms with Gasteiger partial charge in [0.25, 0.3) is 5.91 Å². The van der Waals surface area contributed by atoms with Crippen LogP contribution in [-0.4, -0.2) is 44.6 Å². The molecule has 3 N–H and O–H groups in total. The van der Waals surface area contributed by atoms with E-state index in [1.54, 1.807) is 23.1 Å². The Kier molecular flexibility index (Phi) is 4.73. The SMILES string of the molecule is Cc1ccc(NS(C)(=O)=O)c(C(=O)N2CCC(N)C(C)(C)C2)c1. The minimum atomic E-state index is -3.45. The van der Waals surface area contributed by atoms with Gasteiger partial charge in [-0.2, -0.15) is 0 Å². The summed E-state index contributed by atoms with van der Waals surface area (Å²) in [6.07, 6.45) is 1.81. The van der Waals surface area contributed by atoms with E-state index in [2.05, 4.69) is 4.72 Å². The first kappa shape index (κ1) is 17.7. The number of nitrogens with one attached hydrogen (secondary N) is 1. The summed E-state index contributed by atoms with van der Waals surface area (Å²) in [5.41, 5.74) is 7.55. The van der Waals surface area contributed by atoms with Crippen molar-refractivity contribution in [1.82, 2.24) is 4.90 Å². The number of rotatable bonds is 3. The first-order valence-electron chi connectivity index (χ1n) is 7.63. The van der Waals surface area contributed by atoms with Crippen molar-refractivity contribution in [2.75, 3.05) is 24.1 Å². The van der Waals surface area contributed by atoms with Gasteiger partial charge in [0, 0.05) is 19.1 Å². The molecule has 1 amide bonds. The molecule has 6 nitrogen and oxygen atoms in total. The van der Waals surface area contributed by atoms with Crippen LogP contribution in [0, 0.1) is 12.3 Å². The van der Waals surface area contributed by atoms with Gasteiger partial charge in [-0.05, 0) is 30.9 Å². The third-order valence-corrected chi connectivity index (χ3v) is 4.89. The number of anilines is 1. The summed E-state index contributed by atoms with van der Waals surface area (Å²) in [5, 5.41) is 0. The van der Waals surface area contributed by atoms with E-state index in [1.807, 2.05) is 20.8 Å². The summed E-state index contributed by atoms with van der Waals surface area (Å²) >= 11 is 0. The molecule has 1 unspecified atom stereocenters. The lowest BCUT2D eigenvalue weighted by Gasteiger charge is -2.42. The van der Waals surface area contributed by atoms with Crippen molar-refractivity contribution in [1.29, 1.82) is 0 Å². The van der Waals surface area contributed by atoms with E-state index in [1.165, 1.54) is 0 Å².